The Bertz CT molecular complexity index is 769. The molecular weight excluding hydrogens is 332 g/mol. The van der Waals surface area contributed by atoms with E-state index in [0.29, 0.717) is 29.4 Å². The molecule has 26 heavy (non-hydrogen) atoms. The van der Waals surface area contributed by atoms with Crippen molar-refractivity contribution < 1.29 is 14.6 Å². The number of para-hydroxylation sites is 1. The van der Waals surface area contributed by atoms with Gasteiger partial charge >= 0.3 is 0 Å². The molecule has 1 N–H and O–H groups in total. The summed E-state index contributed by atoms with van der Waals surface area (Å²) in [6.45, 7) is 9.77. The van der Waals surface area contributed by atoms with Crippen LogP contribution in [0.15, 0.2) is 29.1 Å². The molecule has 1 aromatic carbocycles. The Labute approximate surface area is 154 Å². The molecule has 0 aliphatic carbocycles. The first-order chi connectivity index (χ1) is 12.3. The molecule has 0 saturated carbocycles. The highest BCUT2D eigenvalue weighted by molar-refractivity contribution is 5.58. The van der Waals surface area contributed by atoms with Crippen molar-refractivity contribution in [1.29, 1.82) is 0 Å². The molecule has 0 aliphatic heterocycles. The maximum atomic E-state index is 12.8. The highest BCUT2D eigenvalue weighted by Gasteiger charge is 2.20. The van der Waals surface area contributed by atoms with Crippen LogP contribution in [0, 0.1) is 0 Å². The average molecular weight is 360 g/mol. The predicted octanol–water partition coefficient (Wildman–Crippen LogP) is 3.86. The molecule has 6 heteroatoms. The molecule has 2 aromatic rings. The largest absolute Gasteiger partial charge is 0.493 e. The van der Waals surface area contributed by atoms with Crippen LogP contribution in [-0.2, 0) is 6.42 Å². The number of ether oxygens (including phenoxy) is 2. The lowest BCUT2D eigenvalue weighted by atomic mass is 10.2. The van der Waals surface area contributed by atoms with E-state index in [-0.39, 0.29) is 23.6 Å². The van der Waals surface area contributed by atoms with Gasteiger partial charge in [0.25, 0.3) is 5.56 Å². The number of rotatable bonds is 8. The molecule has 6 nitrogen and oxygen atoms in total. The Morgan fingerprint density at radius 3 is 2.19 bits per heavy atom. The van der Waals surface area contributed by atoms with Gasteiger partial charge in [-0.1, -0.05) is 19.4 Å². The molecule has 0 radical (unpaired) electrons. The quantitative estimate of drug-likeness (QED) is 0.774. The van der Waals surface area contributed by atoms with Gasteiger partial charge in [0.05, 0.1) is 18.3 Å². The zero-order chi connectivity index (χ0) is 19.3. The third-order valence-electron chi connectivity index (χ3n) is 3.64. The van der Waals surface area contributed by atoms with Crippen molar-refractivity contribution in [2.24, 2.45) is 0 Å². The van der Waals surface area contributed by atoms with Gasteiger partial charge in [-0.2, -0.15) is 4.98 Å². The predicted molar refractivity (Wildman–Crippen MR) is 102 cm³/mol. The SMILES string of the molecule is CCCCc1nc(O)cc(=O)n1-c1c(OC(C)C)cccc1OC(C)C. The van der Waals surface area contributed by atoms with Crippen LogP contribution < -0.4 is 15.0 Å². The van der Waals surface area contributed by atoms with Gasteiger partial charge in [-0.05, 0) is 46.2 Å². The van der Waals surface area contributed by atoms with Crippen LogP contribution in [0.5, 0.6) is 17.4 Å². The van der Waals surface area contributed by atoms with E-state index in [2.05, 4.69) is 11.9 Å². The van der Waals surface area contributed by atoms with E-state index in [1.165, 1.54) is 4.57 Å². The Kier molecular flexibility index (Phi) is 6.66. The Morgan fingerprint density at radius 2 is 1.69 bits per heavy atom. The number of benzene rings is 1. The summed E-state index contributed by atoms with van der Waals surface area (Å²) in [5.74, 6) is 1.31. The van der Waals surface area contributed by atoms with E-state index < -0.39 is 0 Å². The summed E-state index contributed by atoms with van der Waals surface area (Å²) in [6.07, 6.45) is 2.23. The zero-order valence-corrected chi connectivity index (χ0v) is 16.2. The fourth-order valence-electron chi connectivity index (χ4n) is 2.68. The Hall–Kier alpha value is -2.50. The van der Waals surface area contributed by atoms with Crippen LogP contribution in [0.25, 0.3) is 5.69 Å². The number of hydrogen-bond donors (Lipinski definition) is 1. The van der Waals surface area contributed by atoms with E-state index in [1.807, 2.05) is 45.9 Å². The average Bonchev–Trinajstić information content (AvgIpc) is 2.53. The zero-order valence-electron chi connectivity index (χ0n) is 16.2. The molecule has 1 aromatic heterocycles. The topological polar surface area (TPSA) is 73.6 Å². The van der Waals surface area contributed by atoms with E-state index >= 15 is 0 Å². The molecule has 0 unspecified atom stereocenters. The molecule has 0 bridgehead atoms. The number of aryl methyl sites for hydroxylation is 1. The van der Waals surface area contributed by atoms with Crippen molar-refractivity contribution in [3.8, 4) is 23.1 Å². The summed E-state index contributed by atoms with van der Waals surface area (Å²) in [4.78, 5) is 16.9. The summed E-state index contributed by atoms with van der Waals surface area (Å²) in [7, 11) is 0. The smallest absolute Gasteiger partial charge is 0.262 e. The molecule has 1 heterocycles. The number of aromatic hydroxyl groups is 1. The Balaban J connectivity index is 2.74. The van der Waals surface area contributed by atoms with E-state index in [9.17, 15) is 9.90 Å². The minimum absolute atomic E-state index is 0.0667. The maximum Gasteiger partial charge on any atom is 0.262 e. The van der Waals surface area contributed by atoms with Gasteiger partial charge in [0.2, 0.25) is 5.88 Å². The first-order valence-corrected chi connectivity index (χ1v) is 9.12. The molecule has 0 amide bonds. The number of hydrogen-bond acceptors (Lipinski definition) is 5. The molecule has 0 fully saturated rings. The lowest BCUT2D eigenvalue weighted by Crippen LogP contribution is -2.25. The number of unbranched alkanes of at least 4 members (excludes halogenated alkanes) is 1. The van der Waals surface area contributed by atoms with Crippen LogP contribution in [0.2, 0.25) is 0 Å². The standard InChI is InChI=1S/C20H28N2O4/c1-6-7-11-17-21-18(23)12-19(24)22(17)20-15(25-13(2)3)9-8-10-16(20)26-14(4)5/h8-10,12-14,23H,6-7,11H2,1-5H3. The highest BCUT2D eigenvalue weighted by Crippen LogP contribution is 2.34. The lowest BCUT2D eigenvalue weighted by Gasteiger charge is -2.22. The monoisotopic (exact) mass is 360 g/mol. The molecule has 142 valence electrons. The summed E-state index contributed by atoms with van der Waals surface area (Å²) < 4.78 is 13.4. The minimum atomic E-state index is -0.364. The Morgan fingerprint density at radius 1 is 1.12 bits per heavy atom. The summed E-state index contributed by atoms with van der Waals surface area (Å²) in [5, 5.41) is 9.81. The van der Waals surface area contributed by atoms with Gasteiger partial charge in [0.1, 0.15) is 23.0 Å². The van der Waals surface area contributed by atoms with E-state index in [0.717, 1.165) is 18.9 Å². The van der Waals surface area contributed by atoms with Crippen LogP contribution in [-0.4, -0.2) is 26.9 Å². The van der Waals surface area contributed by atoms with Crippen molar-refractivity contribution in [3.05, 3.63) is 40.4 Å². The first kappa shape index (κ1) is 19.8. The van der Waals surface area contributed by atoms with Crippen molar-refractivity contribution in [3.63, 3.8) is 0 Å². The molecule has 0 atom stereocenters. The number of aromatic nitrogens is 2. The van der Waals surface area contributed by atoms with Crippen molar-refractivity contribution in [1.82, 2.24) is 9.55 Å². The van der Waals surface area contributed by atoms with Gasteiger partial charge in [0, 0.05) is 6.42 Å². The van der Waals surface area contributed by atoms with Gasteiger partial charge in [-0.3, -0.25) is 9.36 Å². The lowest BCUT2D eigenvalue weighted by molar-refractivity contribution is 0.227. The molecule has 0 aliphatic rings. The first-order valence-electron chi connectivity index (χ1n) is 9.12. The van der Waals surface area contributed by atoms with Crippen LogP contribution in [0.3, 0.4) is 0 Å². The fourth-order valence-corrected chi connectivity index (χ4v) is 2.68. The van der Waals surface area contributed by atoms with Crippen molar-refractivity contribution >= 4 is 0 Å². The van der Waals surface area contributed by atoms with Crippen LogP contribution in [0.1, 0.15) is 53.3 Å². The summed E-state index contributed by atoms with van der Waals surface area (Å²) >= 11 is 0. The van der Waals surface area contributed by atoms with Crippen LogP contribution in [0.4, 0.5) is 0 Å². The van der Waals surface area contributed by atoms with Gasteiger partial charge in [-0.15, -0.1) is 0 Å². The second-order valence-corrected chi connectivity index (χ2v) is 6.74. The molecule has 0 saturated heterocycles. The second-order valence-electron chi connectivity index (χ2n) is 6.74. The summed E-state index contributed by atoms with van der Waals surface area (Å²) in [5.41, 5.74) is 0.163. The fraction of sp³-hybridized carbons (Fsp3) is 0.500. The van der Waals surface area contributed by atoms with Gasteiger partial charge in [0.15, 0.2) is 0 Å². The summed E-state index contributed by atoms with van der Waals surface area (Å²) in [6, 6.07) is 6.57. The third kappa shape index (κ3) is 4.77. The second kappa shape index (κ2) is 8.74. The van der Waals surface area contributed by atoms with Gasteiger partial charge < -0.3 is 14.6 Å². The van der Waals surface area contributed by atoms with E-state index in [4.69, 9.17) is 9.47 Å². The van der Waals surface area contributed by atoms with Crippen molar-refractivity contribution in [2.45, 2.75) is 66.1 Å². The van der Waals surface area contributed by atoms with Crippen molar-refractivity contribution in [2.75, 3.05) is 0 Å². The van der Waals surface area contributed by atoms with E-state index in [1.54, 1.807) is 0 Å². The molecule has 2 rings (SSSR count). The third-order valence-corrected chi connectivity index (χ3v) is 3.64. The van der Waals surface area contributed by atoms with Gasteiger partial charge in [-0.25, -0.2) is 0 Å². The molecule has 0 spiro atoms. The highest BCUT2D eigenvalue weighted by atomic mass is 16.5. The minimum Gasteiger partial charge on any atom is -0.493 e. The normalized spacial score (nSPS) is 11.2. The van der Waals surface area contributed by atoms with Crippen LogP contribution >= 0.6 is 0 Å². The molecular formula is C20H28N2O4. The maximum absolute atomic E-state index is 12.8. The number of nitrogens with zero attached hydrogens (tertiary/aromatic N) is 2.